The van der Waals surface area contributed by atoms with Crippen LogP contribution in [-0.4, -0.2) is 50.8 Å². The van der Waals surface area contributed by atoms with Crippen LogP contribution in [-0.2, 0) is 11.3 Å². The average Bonchev–Trinajstić information content (AvgIpc) is 2.97. The van der Waals surface area contributed by atoms with Gasteiger partial charge in [-0.2, -0.15) is 0 Å². The molecule has 5 rings (SSSR count). The van der Waals surface area contributed by atoms with Crippen molar-refractivity contribution in [2.24, 2.45) is 0 Å². The van der Waals surface area contributed by atoms with E-state index in [4.69, 9.17) is 23.7 Å². The van der Waals surface area contributed by atoms with E-state index in [1.807, 2.05) is 0 Å². The van der Waals surface area contributed by atoms with E-state index in [0.717, 1.165) is 0 Å². The van der Waals surface area contributed by atoms with Gasteiger partial charge in [-0.05, 0) is 42.5 Å². The number of benzene rings is 3. The van der Waals surface area contributed by atoms with E-state index in [9.17, 15) is 14.4 Å². The second-order valence-corrected chi connectivity index (χ2v) is 8.68. The summed E-state index contributed by atoms with van der Waals surface area (Å²) in [6.07, 6.45) is 1.40. The SMILES string of the molecule is COc1ccc(C(=O)c2cn(CC(=O)Nc3ccc(OC)cc3OC)c3cc4c(cc3c2=O)OCCO4)cc1. The highest BCUT2D eigenvalue weighted by molar-refractivity contribution is 6.10. The molecule has 0 fully saturated rings. The molecule has 0 bridgehead atoms. The molecule has 0 aliphatic carbocycles. The van der Waals surface area contributed by atoms with Crippen LogP contribution in [0.2, 0.25) is 0 Å². The number of nitrogens with one attached hydrogen (secondary N) is 1. The van der Waals surface area contributed by atoms with E-state index in [1.165, 1.54) is 27.5 Å². The third-order valence-electron chi connectivity index (χ3n) is 6.34. The summed E-state index contributed by atoms with van der Waals surface area (Å²) in [5.74, 6) is 1.54. The van der Waals surface area contributed by atoms with Crippen molar-refractivity contribution in [1.29, 1.82) is 0 Å². The maximum absolute atomic E-state index is 13.5. The summed E-state index contributed by atoms with van der Waals surface area (Å²) < 4.78 is 28.7. The Labute approximate surface area is 223 Å². The van der Waals surface area contributed by atoms with Crippen LogP contribution >= 0.6 is 0 Å². The molecule has 0 spiro atoms. The van der Waals surface area contributed by atoms with Crippen LogP contribution in [0.5, 0.6) is 28.7 Å². The zero-order valence-corrected chi connectivity index (χ0v) is 21.6. The Balaban J connectivity index is 1.57. The third-order valence-corrected chi connectivity index (χ3v) is 6.34. The highest BCUT2D eigenvalue weighted by atomic mass is 16.6. The van der Waals surface area contributed by atoms with Crippen LogP contribution < -0.4 is 34.4 Å². The predicted molar refractivity (Wildman–Crippen MR) is 144 cm³/mol. The number of nitrogens with zero attached hydrogens (tertiary/aromatic N) is 1. The van der Waals surface area contributed by atoms with Crippen LogP contribution in [0.25, 0.3) is 10.9 Å². The van der Waals surface area contributed by atoms with Crippen LogP contribution in [0.15, 0.2) is 65.6 Å². The Morgan fingerprint density at radius 1 is 0.872 bits per heavy atom. The van der Waals surface area contributed by atoms with Gasteiger partial charge in [0.15, 0.2) is 17.3 Å². The van der Waals surface area contributed by atoms with E-state index in [2.05, 4.69) is 5.32 Å². The number of hydrogen-bond donors (Lipinski definition) is 1. The first kappa shape index (κ1) is 25.7. The fourth-order valence-electron chi connectivity index (χ4n) is 4.36. The first-order valence-electron chi connectivity index (χ1n) is 12.1. The van der Waals surface area contributed by atoms with Gasteiger partial charge in [-0.1, -0.05) is 0 Å². The van der Waals surface area contributed by atoms with Gasteiger partial charge in [0.25, 0.3) is 0 Å². The molecule has 0 unspecified atom stereocenters. The largest absolute Gasteiger partial charge is 0.497 e. The topological polar surface area (TPSA) is 114 Å². The van der Waals surface area contributed by atoms with Gasteiger partial charge in [0, 0.05) is 23.9 Å². The second kappa shape index (κ2) is 10.8. The van der Waals surface area contributed by atoms with Crippen molar-refractivity contribution in [3.63, 3.8) is 0 Å². The summed E-state index contributed by atoms with van der Waals surface area (Å²) in [6.45, 7) is 0.492. The summed E-state index contributed by atoms with van der Waals surface area (Å²) in [6, 6.07) is 14.7. The van der Waals surface area contributed by atoms with Gasteiger partial charge in [0.1, 0.15) is 37.0 Å². The molecule has 0 radical (unpaired) electrons. The standard InChI is InChI=1S/C29H26N2O8/c1-35-18-6-4-17(5-7-18)28(33)21-15-31(16-27(32)30-22-9-8-19(36-2)12-24(22)37-3)23-14-26-25(38-10-11-39-26)13-20(23)29(21)34/h4-9,12-15H,10-11,16H2,1-3H3,(H,30,32). The number of ketones is 1. The van der Waals surface area contributed by atoms with Crippen molar-refractivity contribution >= 4 is 28.3 Å². The molecule has 1 aliphatic heterocycles. The normalized spacial score (nSPS) is 12.1. The minimum atomic E-state index is -0.481. The summed E-state index contributed by atoms with van der Waals surface area (Å²) in [5, 5.41) is 3.05. The van der Waals surface area contributed by atoms with E-state index in [0.29, 0.717) is 58.7 Å². The molecule has 0 saturated carbocycles. The molecule has 1 aromatic heterocycles. The zero-order valence-electron chi connectivity index (χ0n) is 21.6. The Kier molecular flexibility index (Phi) is 7.09. The number of carbonyl (C=O) groups excluding carboxylic acids is 2. The molecular formula is C29H26N2O8. The first-order valence-corrected chi connectivity index (χ1v) is 12.1. The Bertz CT molecular complexity index is 1630. The van der Waals surface area contributed by atoms with Gasteiger partial charge in [0.2, 0.25) is 11.3 Å². The van der Waals surface area contributed by atoms with E-state index in [1.54, 1.807) is 59.2 Å². The Morgan fingerprint density at radius 2 is 1.54 bits per heavy atom. The van der Waals surface area contributed by atoms with Crippen LogP contribution in [0, 0.1) is 0 Å². The number of fused-ring (bicyclic) bond motifs is 2. The quantitative estimate of drug-likeness (QED) is 0.343. The van der Waals surface area contributed by atoms with Gasteiger partial charge >= 0.3 is 0 Å². The zero-order chi connectivity index (χ0) is 27.5. The molecule has 1 amide bonds. The minimum absolute atomic E-state index is 0.0841. The number of hydrogen-bond acceptors (Lipinski definition) is 8. The molecule has 2 heterocycles. The maximum atomic E-state index is 13.5. The average molecular weight is 531 g/mol. The molecule has 4 aromatic rings. The van der Waals surface area contributed by atoms with E-state index in [-0.39, 0.29) is 17.5 Å². The number of rotatable bonds is 8. The fraction of sp³-hybridized carbons (Fsp3) is 0.207. The summed E-state index contributed by atoms with van der Waals surface area (Å²) in [7, 11) is 4.55. The predicted octanol–water partition coefficient (Wildman–Crippen LogP) is 3.67. The van der Waals surface area contributed by atoms with Gasteiger partial charge in [-0.15, -0.1) is 0 Å². The van der Waals surface area contributed by atoms with Crippen LogP contribution in [0.4, 0.5) is 5.69 Å². The van der Waals surface area contributed by atoms with Gasteiger partial charge in [-0.25, -0.2) is 0 Å². The van der Waals surface area contributed by atoms with Crippen molar-refractivity contribution in [2.75, 3.05) is 39.9 Å². The lowest BCUT2D eigenvalue weighted by Crippen LogP contribution is -2.25. The summed E-state index contributed by atoms with van der Waals surface area (Å²) >= 11 is 0. The maximum Gasteiger partial charge on any atom is 0.244 e. The first-order chi connectivity index (χ1) is 18.9. The molecular weight excluding hydrogens is 504 g/mol. The second-order valence-electron chi connectivity index (χ2n) is 8.68. The number of amides is 1. The van der Waals surface area contributed by atoms with Crippen molar-refractivity contribution in [3.05, 3.63) is 82.1 Å². The van der Waals surface area contributed by atoms with Crippen molar-refractivity contribution in [3.8, 4) is 28.7 Å². The van der Waals surface area contributed by atoms with Crippen LogP contribution in [0.3, 0.4) is 0 Å². The number of ether oxygens (including phenoxy) is 5. The van der Waals surface area contributed by atoms with E-state index < -0.39 is 17.1 Å². The molecule has 1 N–H and O–H groups in total. The number of anilines is 1. The van der Waals surface area contributed by atoms with Crippen molar-refractivity contribution < 1.29 is 33.3 Å². The number of aromatic nitrogens is 1. The lowest BCUT2D eigenvalue weighted by atomic mass is 10.0. The minimum Gasteiger partial charge on any atom is -0.497 e. The van der Waals surface area contributed by atoms with Gasteiger partial charge in [0.05, 0.1) is 43.5 Å². The Hall–Kier alpha value is -4.99. The number of pyridine rings is 1. The molecule has 0 saturated heterocycles. The lowest BCUT2D eigenvalue weighted by molar-refractivity contribution is -0.116. The fourth-order valence-corrected chi connectivity index (χ4v) is 4.36. The molecule has 10 heteroatoms. The molecule has 0 atom stereocenters. The molecule has 10 nitrogen and oxygen atoms in total. The molecule has 1 aliphatic rings. The highest BCUT2D eigenvalue weighted by Gasteiger charge is 2.22. The number of carbonyl (C=O) groups is 2. The van der Waals surface area contributed by atoms with Gasteiger partial charge in [-0.3, -0.25) is 14.4 Å². The van der Waals surface area contributed by atoms with Gasteiger partial charge < -0.3 is 33.6 Å². The monoisotopic (exact) mass is 530 g/mol. The van der Waals surface area contributed by atoms with E-state index >= 15 is 0 Å². The smallest absolute Gasteiger partial charge is 0.244 e. The van der Waals surface area contributed by atoms with Crippen molar-refractivity contribution in [1.82, 2.24) is 4.57 Å². The molecule has 200 valence electrons. The summed E-state index contributed by atoms with van der Waals surface area (Å²) in [4.78, 5) is 40.2. The lowest BCUT2D eigenvalue weighted by Gasteiger charge is -2.21. The van der Waals surface area contributed by atoms with Crippen LogP contribution in [0.1, 0.15) is 15.9 Å². The highest BCUT2D eigenvalue weighted by Crippen LogP contribution is 2.34. The summed E-state index contributed by atoms with van der Waals surface area (Å²) in [5.41, 5.74) is 0.615. The molecule has 3 aromatic carbocycles. The number of methoxy groups -OCH3 is 3. The Morgan fingerprint density at radius 3 is 2.21 bits per heavy atom. The van der Waals surface area contributed by atoms with Crippen molar-refractivity contribution in [2.45, 2.75) is 6.54 Å². The molecule has 39 heavy (non-hydrogen) atoms. The third kappa shape index (κ3) is 5.08.